The number of methoxy groups -OCH3 is 1. The van der Waals surface area contributed by atoms with E-state index in [0.29, 0.717) is 24.5 Å². The van der Waals surface area contributed by atoms with Crippen molar-refractivity contribution in [3.05, 3.63) is 29.6 Å². The molecule has 1 aromatic rings. The monoisotopic (exact) mass is 228 g/mol. The van der Waals surface area contributed by atoms with Gasteiger partial charge in [0.2, 0.25) is 0 Å². The molecule has 16 heavy (non-hydrogen) atoms. The van der Waals surface area contributed by atoms with Crippen LogP contribution in [0.4, 0.5) is 4.39 Å². The van der Waals surface area contributed by atoms with Crippen LogP contribution >= 0.6 is 0 Å². The van der Waals surface area contributed by atoms with Gasteiger partial charge in [-0.25, -0.2) is 4.39 Å². The first-order valence-corrected chi connectivity index (χ1v) is 5.24. The van der Waals surface area contributed by atoms with Crippen LogP contribution in [0.15, 0.2) is 18.2 Å². The molecule has 4 heteroatoms. The average molecular weight is 228 g/mol. The Morgan fingerprint density at radius 2 is 2.12 bits per heavy atom. The fourth-order valence-electron chi connectivity index (χ4n) is 1.36. The van der Waals surface area contributed by atoms with E-state index in [2.05, 4.69) is 0 Å². The van der Waals surface area contributed by atoms with Crippen molar-refractivity contribution in [3.63, 3.8) is 0 Å². The van der Waals surface area contributed by atoms with Gasteiger partial charge in [-0.1, -0.05) is 0 Å². The second kappa shape index (κ2) is 6.45. The molecule has 1 rings (SSSR count). The number of ether oxygens (including phenoxy) is 2. The van der Waals surface area contributed by atoms with E-state index in [-0.39, 0.29) is 5.82 Å². The van der Waals surface area contributed by atoms with Gasteiger partial charge in [-0.3, -0.25) is 0 Å². The zero-order chi connectivity index (χ0) is 12.0. The van der Waals surface area contributed by atoms with Gasteiger partial charge in [-0.2, -0.15) is 0 Å². The van der Waals surface area contributed by atoms with Crippen molar-refractivity contribution >= 4 is 0 Å². The molecule has 0 saturated carbocycles. The van der Waals surface area contributed by atoms with Gasteiger partial charge in [0.25, 0.3) is 0 Å². The highest BCUT2D eigenvalue weighted by Crippen LogP contribution is 2.26. The summed E-state index contributed by atoms with van der Waals surface area (Å²) in [5, 5.41) is 9.47. The lowest BCUT2D eigenvalue weighted by atomic mass is 10.1. The predicted octanol–water partition coefficient (Wildman–Crippen LogP) is 2.29. The van der Waals surface area contributed by atoms with Gasteiger partial charge in [-0.05, 0) is 19.1 Å². The van der Waals surface area contributed by atoms with E-state index in [1.165, 1.54) is 18.2 Å². The molecule has 1 aromatic carbocycles. The lowest BCUT2D eigenvalue weighted by molar-refractivity contribution is 0.166. The summed E-state index contributed by atoms with van der Waals surface area (Å²) in [5.41, 5.74) is 0.596. The first kappa shape index (κ1) is 12.9. The molecular formula is C12H17FO3. The molecule has 0 aromatic heterocycles. The number of rotatable bonds is 6. The Balaban J connectivity index is 2.65. The predicted molar refractivity (Wildman–Crippen MR) is 59.0 cm³/mol. The summed E-state index contributed by atoms with van der Waals surface area (Å²) >= 11 is 0. The van der Waals surface area contributed by atoms with Crippen LogP contribution < -0.4 is 4.74 Å². The lowest BCUT2D eigenvalue weighted by Crippen LogP contribution is -2.05. The van der Waals surface area contributed by atoms with Gasteiger partial charge < -0.3 is 14.6 Å². The second-order valence-corrected chi connectivity index (χ2v) is 3.55. The molecule has 0 amide bonds. The third kappa shape index (κ3) is 3.79. The third-order valence-electron chi connectivity index (χ3n) is 2.18. The molecule has 3 nitrogen and oxygen atoms in total. The summed E-state index contributed by atoms with van der Waals surface area (Å²) in [6.07, 6.45) is 0.0599. The number of hydrogen-bond donors (Lipinski definition) is 1. The van der Waals surface area contributed by atoms with Crippen LogP contribution in [0, 0.1) is 5.82 Å². The van der Waals surface area contributed by atoms with Crippen LogP contribution in [-0.2, 0) is 4.74 Å². The molecule has 90 valence electrons. The summed E-state index contributed by atoms with van der Waals surface area (Å²) in [7, 11) is 1.61. The highest BCUT2D eigenvalue weighted by atomic mass is 19.1. The lowest BCUT2D eigenvalue weighted by Gasteiger charge is -2.13. The Morgan fingerprint density at radius 1 is 1.38 bits per heavy atom. The van der Waals surface area contributed by atoms with E-state index in [9.17, 15) is 9.50 Å². The zero-order valence-electron chi connectivity index (χ0n) is 9.57. The summed E-state index contributed by atoms with van der Waals surface area (Å²) in [4.78, 5) is 0. The van der Waals surface area contributed by atoms with Gasteiger partial charge >= 0.3 is 0 Å². The zero-order valence-corrected chi connectivity index (χ0v) is 9.57. The molecule has 1 unspecified atom stereocenters. The molecule has 0 spiro atoms. The number of hydrogen-bond acceptors (Lipinski definition) is 3. The fraction of sp³-hybridized carbons (Fsp3) is 0.500. The van der Waals surface area contributed by atoms with Crippen molar-refractivity contribution in [1.82, 2.24) is 0 Å². The maximum atomic E-state index is 13.0. The number of benzene rings is 1. The van der Waals surface area contributed by atoms with Crippen molar-refractivity contribution in [2.75, 3.05) is 20.3 Å². The standard InChI is InChI=1S/C12H17FO3/c1-9(14)11-5-4-10(13)8-12(11)16-7-3-6-15-2/h4-5,8-9,14H,3,6-7H2,1-2H3. The van der Waals surface area contributed by atoms with E-state index in [4.69, 9.17) is 9.47 Å². The molecule has 0 saturated heterocycles. The molecule has 1 atom stereocenters. The molecule has 1 N–H and O–H groups in total. The van der Waals surface area contributed by atoms with E-state index in [0.717, 1.165) is 6.42 Å². The van der Waals surface area contributed by atoms with Crippen molar-refractivity contribution < 1.29 is 19.0 Å². The summed E-state index contributed by atoms with van der Waals surface area (Å²) in [5.74, 6) is 0.0252. The maximum absolute atomic E-state index is 13.0. The van der Waals surface area contributed by atoms with Crippen LogP contribution in [0.25, 0.3) is 0 Å². The van der Waals surface area contributed by atoms with Crippen LogP contribution in [0.5, 0.6) is 5.75 Å². The summed E-state index contributed by atoms with van der Waals surface area (Å²) in [6.45, 7) is 2.66. The highest BCUT2D eigenvalue weighted by molar-refractivity contribution is 5.35. The Kier molecular flexibility index (Phi) is 5.22. The number of halogens is 1. The first-order valence-electron chi connectivity index (χ1n) is 5.24. The van der Waals surface area contributed by atoms with Crippen molar-refractivity contribution in [2.45, 2.75) is 19.4 Å². The number of aliphatic hydroxyl groups excluding tert-OH is 1. The third-order valence-corrected chi connectivity index (χ3v) is 2.18. The minimum Gasteiger partial charge on any atom is -0.493 e. The SMILES string of the molecule is COCCCOc1cc(F)ccc1C(C)O. The van der Waals surface area contributed by atoms with E-state index in [1.807, 2.05) is 0 Å². The number of aliphatic hydroxyl groups is 1. The molecule has 0 heterocycles. The molecule has 0 aliphatic carbocycles. The molecule has 0 radical (unpaired) electrons. The average Bonchev–Trinajstić information content (AvgIpc) is 2.24. The molecule has 0 fully saturated rings. The van der Waals surface area contributed by atoms with E-state index < -0.39 is 6.10 Å². The molecule has 0 aliphatic rings. The van der Waals surface area contributed by atoms with Gasteiger partial charge in [0, 0.05) is 31.8 Å². The Bertz CT molecular complexity index is 326. The molecular weight excluding hydrogens is 211 g/mol. The van der Waals surface area contributed by atoms with Crippen LogP contribution in [0.2, 0.25) is 0 Å². The fourth-order valence-corrected chi connectivity index (χ4v) is 1.36. The largest absolute Gasteiger partial charge is 0.493 e. The van der Waals surface area contributed by atoms with Crippen molar-refractivity contribution in [1.29, 1.82) is 0 Å². The van der Waals surface area contributed by atoms with Crippen LogP contribution in [0.3, 0.4) is 0 Å². The normalized spacial score (nSPS) is 12.5. The van der Waals surface area contributed by atoms with Gasteiger partial charge in [0.1, 0.15) is 11.6 Å². The first-order chi connectivity index (χ1) is 7.65. The minimum absolute atomic E-state index is 0.369. The Labute approximate surface area is 94.8 Å². The van der Waals surface area contributed by atoms with Crippen LogP contribution in [0.1, 0.15) is 25.0 Å². The molecule has 0 bridgehead atoms. The van der Waals surface area contributed by atoms with Crippen LogP contribution in [-0.4, -0.2) is 25.4 Å². The summed E-state index contributed by atoms with van der Waals surface area (Å²) < 4.78 is 23.3. The Morgan fingerprint density at radius 3 is 2.75 bits per heavy atom. The van der Waals surface area contributed by atoms with Gasteiger partial charge in [0.05, 0.1) is 12.7 Å². The highest BCUT2D eigenvalue weighted by Gasteiger charge is 2.10. The smallest absolute Gasteiger partial charge is 0.127 e. The van der Waals surface area contributed by atoms with E-state index in [1.54, 1.807) is 14.0 Å². The van der Waals surface area contributed by atoms with Gasteiger partial charge in [-0.15, -0.1) is 0 Å². The summed E-state index contributed by atoms with van der Waals surface area (Å²) in [6, 6.07) is 4.13. The maximum Gasteiger partial charge on any atom is 0.127 e. The Hall–Kier alpha value is -1.13. The minimum atomic E-state index is -0.668. The topological polar surface area (TPSA) is 38.7 Å². The van der Waals surface area contributed by atoms with Crippen molar-refractivity contribution in [2.24, 2.45) is 0 Å². The van der Waals surface area contributed by atoms with E-state index >= 15 is 0 Å². The van der Waals surface area contributed by atoms with Crippen molar-refractivity contribution in [3.8, 4) is 5.75 Å². The second-order valence-electron chi connectivity index (χ2n) is 3.55. The molecule has 0 aliphatic heterocycles. The van der Waals surface area contributed by atoms with Gasteiger partial charge in [0.15, 0.2) is 0 Å². The quantitative estimate of drug-likeness (QED) is 0.759.